The van der Waals surface area contributed by atoms with Gasteiger partial charge in [0, 0.05) is 22.7 Å². The molecule has 0 unspecified atom stereocenters. The van der Waals surface area contributed by atoms with E-state index in [1.54, 1.807) is 14.2 Å². The van der Waals surface area contributed by atoms with Crippen LogP contribution in [-0.4, -0.2) is 25.3 Å². The minimum absolute atomic E-state index is 0.0592. The molecule has 3 aromatic carbocycles. The molecule has 0 aliphatic heterocycles. The number of hydrogen-bond acceptors (Lipinski definition) is 5. The van der Waals surface area contributed by atoms with Gasteiger partial charge in [-0.25, -0.2) is 0 Å². The molecule has 0 radical (unpaired) electrons. The fraction of sp³-hybridized carbons (Fsp3) is 0.200. The molecule has 1 fully saturated rings. The van der Waals surface area contributed by atoms with Crippen molar-refractivity contribution in [2.24, 2.45) is 0 Å². The van der Waals surface area contributed by atoms with E-state index in [4.69, 9.17) is 14.0 Å². The minimum Gasteiger partial charge on any atom is -0.493 e. The van der Waals surface area contributed by atoms with Crippen LogP contribution in [0.1, 0.15) is 18.5 Å². The molecule has 31 heavy (non-hydrogen) atoms. The van der Waals surface area contributed by atoms with E-state index in [9.17, 15) is 4.79 Å². The Balaban J connectivity index is 1.42. The van der Waals surface area contributed by atoms with Crippen molar-refractivity contribution in [3.05, 3.63) is 72.4 Å². The molecular weight excluding hydrogens is 392 g/mol. The summed E-state index contributed by atoms with van der Waals surface area (Å²) in [5.74, 6) is 1.77. The Bertz CT molecular complexity index is 1270. The average molecular weight is 414 g/mol. The van der Waals surface area contributed by atoms with E-state index in [0.717, 1.165) is 34.9 Å². The highest BCUT2D eigenvalue weighted by Gasteiger charge is 2.54. The number of fused-ring (bicyclic) bond motifs is 1. The molecule has 4 aromatic rings. The number of hydrogen-bond donors (Lipinski definition) is 1. The van der Waals surface area contributed by atoms with Crippen LogP contribution in [-0.2, 0) is 10.2 Å². The summed E-state index contributed by atoms with van der Waals surface area (Å²) in [6, 6.07) is 21.3. The quantitative estimate of drug-likeness (QED) is 0.470. The number of benzene rings is 3. The molecule has 6 nitrogen and oxygen atoms in total. The number of nitrogens with one attached hydrogen (secondary N) is 1. The Morgan fingerprint density at radius 1 is 0.968 bits per heavy atom. The maximum absolute atomic E-state index is 13.2. The molecule has 1 aromatic heterocycles. The fourth-order valence-corrected chi connectivity index (χ4v) is 3.93. The van der Waals surface area contributed by atoms with Gasteiger partial charge in [-0.2, -0.15) is 0 Å². The molecule has 1 N–H and O–H groups in total. The second-order valence-corrected chi connectivity index (χ2v) is 7.71. The van der Waals surface area contributed by atoms with E-state index < -0.39 is 5.41 Å². The first-order valence-electron chi connectivity index (χ1n) is 10.1. The molecule has 5 rings (SSSR count). The second kappa shape index (κ2) is 7.47. The average Bonchev–Trinajstić information content (AvgIpc) is 3.48. The zero-order valence-electron chi connectivity index (χ0n) is 17.3. The van der Waals surface area contributed by atoms with Crippen LogP contribution in [0.5, 0.6) is 11.5 Å². The van der Waals surface area contributed by atoms with Gasteiger partial charge in [0.05, 0.1) is 25.3 Å². The number of carbonyl (C=O) groups excluding carboxylic acids is 1. The van der Waals surface area contributed by atoms with Gasteiger partial charge in [-0.1, -0.05) is 41.6 Å². The number of amides is 1. The van der Waals surface area contributed by atoms with Crippen molar-refractivity contribution in [2.45, 2.75) is 18.3 Å². The number of methoxy groups -OCH3 is 2. The molecule has 6 heteroatoms. The third-order valence-electron chi connectivity index (χ3n) is 5.89. The molecule has 1 saturated carbocycles. The van der Waals surface area contributed by atoms with Gasteiger partial charge in [0.25, 0.3) is 0 Å². The first-order valence-corrected chi connectivity index (χ1v) is 10.1. The van der Waals surface area contributed by atoms with Crippen molar-refractivity contribution in [1.82, 2.24) is 5.16 Å². The molecule has 0 saturated heterocycles. The number of nitrogens with zero attached hydrogens (tertiary/aromatic N) is 1. The highest BCUT2D eigenvalue weighted by molar-refractivity contribution is 6.07. The first kappa shape index (κ1) is 19.2. The Hall–Kier alpha value is -3.80. The lowest BCUT2D eigenvalue weighted by Crippen LogP contribution is -2.28. The molecule has 0 spiro atoms. The van der Waals surface area contributed by atoms with Crippen LogP contribution in [0.4, 0.5) is 5.69 Å². The monoisotopic (exact) mass is 414 g/mol. The molecule has 1 heterocycles. The van der Waals surface area contributed by atoms with Crippen molar-refractivity contribution in [2.75, 3.05) is 19.5 Å². The Morgan fingerprint density at radius 3 is 2.52 bits per heavy atom. The number of carbonyl (C=O) groups is 1. The van der Waals surface area contributed by atoms with Crippen LogP contribution >= 0.6 is 0 Å². The number of anilines is 1. The van der Waals surface area contributed by atoms with Gasteiger partial charge >= 0.3 is 0 Å². The summed E-state index contributed by atoms with van der Waals surface area (Å²) >= 11 is 0. The van der Waals surface area contributed by atoms with E-state index in [1.807, 2.05) is 66.7 Å². The second-order valence-electron chi connectivity index (χ2n) is 7.71. The summed E-state index contributed by atoms with van der Waals surface area (Å²) in [7, 11) is 3.18. The van der Waals surface area contributed by atoms with Crippen molar-refractivity contribution >= 4 is 22.4 Å². The summed E-state index contributed by atoms with van der Waals surface area (Å²) in [5, 5.41) is 9.45. The van der Waals surface area contributed by atoms with Gasteiger partial charge in [-0.3, -0.25) is 4.79 Å². The van der Waals surface area contributed by atoms with Crippen molar-refractivity contribution in [1.29, 1.82) is 0 Å². The summed E-state index contributed by atoms with van der Waals surface area (Å²) in [5.41, 5.74) is 1.60. The van der Waals surface area contributed by atoms with Crippen molar-refractivity contribution < 1.29 is 18.8 Å². The lowest BCUT2D eigenvalue weighted by Gasteiger charge is -2.14. The summed E-state index contributed by atoms with van der Waals surface area (Å²) in [4.78, 5) is 13.2. The maximum atomic E-state index is 13.2. The molecule has 156 valence electrons. The predicted molar refractivity (Wildman–Crippen MR) is 119 cm³/mol. The van der Waals surface area contributed by atoms with Gasteiger partial charge in [0.15, 0.2) is 17.3 Å². The third kappa shape index (κ3) is 3.30. The molecule has 1 aliphatic rings. The van der Waals surface area contributed by atoms with Gasteiger partial charge in [-0.15, -0.1) is 0 Å². The van der Waals surface area contributed by atoms with Crippen LogP contribution in [0.15, 0.2) is 71.3 Å². The fourth-order valence-electron chi connectivity index (χ4n) is 3.93. The smallest absolute Gasteiger partial charge is 0.236 e. The standard InChI is InChI=1S/C25H22N2O4/c1-29-20-11-10-17(14-22(20)30-2)21-15-23(27-31-21)25(12-13-25)24(28)26-19-9-5-7-16-6-3-4-8-18(16)19/h3-11,14-15H,12-13H2,1-2H3,(H,26,28). The summed E-state index contributed by atoms with van der Waals surface area (Å²) in [6.07, 6.45) is 1.48. The Morgan fingerprint density at radius 2 is 1.74 bits per heavy atom. The molecule has 1 aliphatic carbocycles. The highest BCUT2D eigenvalue weighted by atomic mass is 16.5. The molecule has 0 bridgehead atoms. The van der Waals surface area contributed by atoms with E-state index >= 15 is 0 Å². The van der Waals surface area contributed by atoms with Crippen LogP contribution in [0.25, 0.3) is 22.1 Å². The maximum Gasteiger partial charge on any atom is 0.236 e. The zero-order valence-corrected chi connectivity index (χ0v) is 17.3. The Labute approximate surface area is 179 Å². The predicted octanol–water partition coefficient (Wildman–Crippen LogP) is 5.18. The van der Waals surface area contributed by atoms with Gasteiger partial charge < -0.3 is 19.3 Å². The van der Waals surface area contributed by atoms with Crippen molar-refractivity contribution in [3.63, 3.8) is 0 Å². The van der Waals surface area contributed by atoms with Crippen molar-refractivity contribution in [3.8, 4) is 22.8 Å². The van der Waals surface area contributed by atoms with Crippen LogP contribution in [0.2, 0.25) is 0 Å². The number of aromatic nitrogens is 1. The third-order valence-corrected chi connectivity index (χ3v) is 5.89. The highest BCUT2D eigenvalue weighted by Crippen LogP contribution is 2.49. The molecule has 1 amide bonds. The largest absolute Gasteiger partial charge is 0.493 e. The lowest BCUT2D eigenvalue weighted by atomic mass is 9.99. The van der Waals surface area contributed by atoms with Gasteiger partial charge in [0.1, 0.15) is 0 Å². The number of rotatable bonds is 6. The van der Waals surface area contributed by atoms with Gasteiger partial charge in [0.2, 0.25) is 5.91 Å². The van der Waals surface area contributed by atoms with E-state index in [1.165, 1.54) is 0 Å². The Kier molecular flexibility index (Phi) is 4.62. The van der Waals surface area contributed by atoms with E-state index in [-0.39, 0.29) is 5.91 Å². The minimum atomic E-state index is -0.657. The van der Waals surface area contributed by atoms with Crippen LogP contribution in [0.3, 0.4) is 0 Å². The topological polar surface area (TPSA) is 73.6 Å². The summed E-state index contributed by atoms with van der Waals surface area (Å²) < 4.78 is 16.3. The van der Waals surface area contributed by atoms with E-state index in [0.29, 0.717) is 23.0 Å². The van der Waals surface area contributed by atoms with Crippen LogP contribution < -0.4 is 14.8 Å². The number of ether oxygens (including phenoxy) is 2. The normalized spacial score (nSPS) is 14.3. The lowest BCUT2D eigenvalue weighted by molar-refractivity contribution is -0.118. The summed E-state index contributed by atoms with van der Waals surface area (Å²) in [6.45, 7) is 0. The van der Waals surface area contributed by atoms with Gasteiger partial charge in [-0.05, 0) is 42.5 Å². The molecular formula is C25H22N2O4. The SMILES string of the molecule is COc1ccc(-c2cc(C3(C(=O)Nc4cccc5ccccc45)CC3)no2)cc1OC. The van der Waals surface area contributed by atoms with E-state index in [2.05, 4.69) is 10.5 Å². The first-order chi connectivity index (χ1) is 15.1. The molecule has 0 atom stereocenters. The van der Waals surface area contributed by atoms with Crippen LogP contribution in [0, 0.1) is 0 Å². The zero-order chi connectivity index (χ0) is 21.4.